The molecule has 0 spiro atoms. The van der Waals surface area contributed by atoms with Crippen LogP contribution in [0.1, 0.15) is 30.1 Å². The maximum absolute atomic E-state index is 12.1. The number of esters is 2. The standard InChI is InChI=1S/C16H19ClN2O5/c1-2-23-15(21)11-4-7-19(8-5-11)14(20)10-24-16(22)12-3-6-18-13(17)9-12/h3,6,9,11H,2,4-5,7-8,10H2,1H3. The van der Waals surface area contributed by atoms with E-state index < -0.39 is 5.97 Å². The minimum atomic E-state index is -0.631. The molecule has 1 fully saturated rings. The van der Waals surface area contributed by atoms with E-state index in [9.17, 15) is 14.4 Å². The number of carbonyl (C=O) groups is 3. The lowest BCUT2D eigenvalue weighted by molar-refractivity contribution is -0.151. The zero-order valence-electron chi connectivity index (χ0n) is 13.4. The first-order valence-electron chi connectivity index (χ1n) is 7.74. The minimum Gasteiger partial charge on any atom is -0.466 e. The molecule has 0 unspecified atom stereocenters. The molecular formula is C16H19ClN2O5. The number of piperidine rings is 1. The maximum Gasteiger partial charge on any atom is 0.338 e. The van der Waals surface area contributed by atoms with Gasteiger partial charge in [0.05, 0.1) is 18.1 Å². The fourth-order valence-corrected chi connectivity index (χ4v) is 2.63. The van der Waals surface area contributed by atoms with Crippen molar-refractivity contribution in [3.05, 3.63) is 29.0 Å². The molecule has 24 heavy (non-hydrogen) atoms. The summed E-state index contributed by atoms with van der Waals surface area (Å²) in [6.07, 6.45) is 2.50. The molecule has 2 rings (SSSR count). The molecule has 0 saturated carbocycles. The number of hydrogen-bond acceptors (Lipinski definition) is 6. The smallest absolute Gasteiger partial charge is 0.338 e. The summed E-state index contributed by atoms with van der Waals surface area (Å²) in [5.41, 5.74) is 0.240. The van der Waals surface area contributed by atoms with Crippen LogP contribution >= 0.6 is 11.6 Å². The van der Waals surface area contributed by atoms with Crippen molar-refractivity contribution in [1.82, 2.24) is 9.88 Å². The summed E-state index contributed by atoms with van der Waals surface area (Å²) in [6.45, 7) is 2.67. The van der Waals surface area contributed by atoms with E-state index in [1.54, 1.807) is 11.8 Å². The average Bonchev–Trinajstić information content (AvgIpc) is 2.59. The molecule has 8 heteroatoms. The Morgan fingerprint density at radius 3 is 2.62 bits per heavy atom. The Kier molecular flexibility index (Phi) is 6.54. The monoisotopic (exact) mass is 354 g/mol. The molecule has 0 radical (unpaired) electrons. The molecule has 0 aliphatic carbocycles. The third-order valence-electron chi connectivity index (χ3n) is 3.76. The molecule has 7 nitrogen and oxygen atoms in total. The molecule has 0 bridgehead atoms. The highest BCUT2D eigenvalue weighted by molar-refractivity contribution is 6.29. The van der Waals surface area contributed by atoms with E-state index in [1.807, 2.05) is 0 Å². The van der Waals surface area contributed by atoms with Crippen molar-refractivity contribution in [3.63, 3.8) is 0 Å². The highest BCUT2D eigenvalue weighted by Crippen LogP contribution is 2.19. The number of halogens is 1. The number of nitrogens with zero attached hydrogens (tertiary/aromatic N) is 2. The first-order chi connectivity index (χ1) is 11.5. The summed E-state index contributed by atoms with van der Waals surface area (Å²) < 4.78 is 9.99. The van der Waals surface area contributed by atoms with Crippen molar-refractivity contribution < 1.29 is 23.9 Å². The van der Waals surface area contributed by atoms with Crippen LogP contribution in [0.4, 0.5) is 0 Å². The molecular weight excluding hydrogens is 336 g/mol. The second-order valence-corrected chi connectivity index (χ2v) is 5.74. The first-order valence-corrected chi connectivity index (χ1v) is 8.12. The summed E-state index contributed by atoms with van der Waals surface area (Å²) >= 11 is 5.70. The van der Waals surface area contributed by atoms with E-state index in [0.29, 0.717) is 32.5 Å². The van der Waals surface area contributed by atoms with Gasteiger partial charge >= 0.3 is 11.9 Å². The Labute approximate surface area is 144 Å². The van der Waals surface area contributed by atoms with E-state index in [1.165, 1.54) is 18.3 Å². The fraction of sp³-hybridized carbons (Fsp3) is 0.500. The van der Waals surface area contributed by atoms with Gasteiger partial charge < -0.3 is 14.4 Å². The molecule has 1 saturated heterocycles. The largest absolute Gasteiger partial charge is 0.466 e. The summed E-state index contributed by atoms with van der Waals surface area (Å²) in [6, 6.07) is 2.84. The molecule has 1 aromatic heterocycles. The third-order valence-corrected chi connectivity index (χ3v) is 3.96. The van der Waals surface area contributed by atoms with E-state index in [0.717, 1.165) is 0 Å². The Bertz CT molecular complexity index is 614. The van der Waals surface area contributed by atoms with Crippen LogP contribution in [-0.4, -0.2) is 54.0 Å². The fourth-order valence-electron chi connectivity index (χ4n) is 2.46. The molecule has 1 amide bonds. The topological polar surface area (TPSA) is 85.8 Å². The number of pyridine rings is 1. The van der Waals surface area contributed by atoms with E-state index in [4.69, 9.17) is 21.1 Å². The van der Waals surface area contributed by atoms with Gasteiger partial charge in [0.2, 0.25) is 0 Å². The molecule has 0 aromatic carbocycles. The van der Waals surface area contributed by atoms with Crippen LogP contribution in [0.2, 0.25) is 5.15 Å². The van der Waals surface area contributed by atoms with Crippen LogP contribution in [0.5, 0.6) is 0 Å². The zero-order valence-corrected chi connectivity index (χ0v) is 14.1. The van der Waals surface area contributed by atoms with Gasteiger partial charge in [-0.25, -0.2) is 9.78 Å². The number of amides is 1. The molecule has 2 heterocycles. The second-order valence-electron chi connectivity index (χ2n) is 5.35. The van der Waals surface area contributed by atoms with Crippen LogP contribution < -0.4 is 0 Å². The van der Waals surface area contributed by atoms with Gasteiger partial charge in [0.1, 0.15) is 5.15 Å². The number of likely N-dealkylation sites (tertiary alicyclic amines) is 1. The summed E-state index contributed by atoms with van der Waals surface area (Å²) in [5.74, 6) is -1.30. The zero-order chi connectivity index (χ0) is 17.5. The van der Waals surface area contributed by atoms with Crippen molar-refractivity contribution in [1.29, 1.82) is 0 Å². The Hall–Kier alpha value is -2.15. The summed E-state index contributed by atoms with van der Waals surface area (Å²) in [4.78, 5) is 41.0. The Morgan fingerprint density at radius 1 is 1.29 bits per heavy atom. The van der Waals surface area contributed by atoms with E-state index in [2.05, 4.69) is 4.98 Å². The number of rotatable bonds is 5. The predicted octanol–water partition coefficient (Wildman–Crippen LogP) is 1.69. The number of carbonyl (C=O) groups excluding carboxylic acids is 3. The van der Waals surface area contributed by atoms with Gasteiger partial charge in [-0.2, -0.15) is 0 Å². The van der Waals surface area contributed by atoms with Gasteiger partial charge in [-0.1, -0.05) is 11.6 Å². The van der Waals surface area contributed by atoms with Crippen LogP contribution in [0.3, 0.4) is 0 Å². The van der Waals surface area contributed by atoms with Crippen LogP contribution in [0.25, 0.3) is 0 Å². The van der Waals surface area contributed by atoms with Crippen molar-refractivity contribution in [2.24, 2.45) is 5.92 Å². The van der Waals surface area contributed by atoms with Crippen molar-refractivity contribution in [2.45, 2.75) is 19.8 Å². The quantitative estimate of drug-likeness (QED) is 0.591. The van der Waals surface area contributed by atoms with Gasteiger partial charge in [-0.15, -0.1) is 0 Å². The lowest BCUT2D eigenvalue weighted by Gasteiger charge is -2.30. The lowest BCUT2D eigenvalue weighted by Crippen LogP contribution is -2.42. The molecule has 1 aliphatic rings. The SMILES string of the molecule is CCOC(=O)C1CCN(C(=O)COC(=O)c2ccnc(Cl)c2)CC1. The maximum atomic E-state index is 12.1. The molecule has 0 atom stereocenters. The molecule has 1 aromatic rings. The predicted molar refractivity (Wildman–Crippen MR) is 85.5 cm³/mol. The first kappa shape index (κ1) is 18.2. The number of aromatic nitrogens is 1. The van der Waals surface area contributed by atoms with Gasteiger partial charge in [-0.3, -0.25) is 9.59 Å². The van der Waals surface area contributed by atoms with Crippen molar-refractivity contribution in [2.75, 3.05) is 26.3 Å². The lowest BCUT2D eigenvalue weighted by atomic mass is 9.97. The van der Waals surface area contributed by atoms with Gasteiger partial charge in [0.15, 0.2) is 6.61 Å². The highest BCUT2D eigenvalue weighted by Gasteiger charge is 2.28. The minimum absolute atomic E-state index is 0.171. The average molecular weight is 355 g/mol. The summed E-state index contributed by atoms with van der Waals surface area (Å²) in [5, 5.41) is 0.178. The normalized spacial score (nSPS) is 15.0. The highest BCUT2D eigenvalue weighted by atomic mass is 35.5. The molecule has 1 aliphatic heterocycles. The van der Waals surface area contributed by atoms with Gasteiger partial charge in [-0.05, 0) is 31.9 Å². The van der Waals surface area contributed by atoms with Gasteiger partial charge in [0.25, 0.3) is 5.91 Å². The van der Waals surface area contributed by atoms with E-state index in [-0.39, 0.29) is 35.1 Å². The number of ether oxygens (including phenoxy) is 2. The number of hydrogen-bond donors (Lipinski definition) is 0. The van der Waals surface area contributed by atoms with Crippen LogP contribution in [-0.2, 0) is 19.1 Å². The van der Waals surface area contributed by atoms with Crippen molar-refractivity contribution >= 4 is 29.4 Å². The molecule has 0 N–H and O–H groups in total. The summed E-state index contributed by atoms with van der Waals surface area (Å²) in [7, 11) is 0. The third kappa shape index (κ3) is 4.92. The Morgan fingerprint density at radius 2 is 2.00 bits per heavy atom. The molecule has 130 valence electrons. The van der Waals surface area contributed by atoms with Gasteiger partial charge in [0, 0.05) is 19.3 Å². The Balaban J connectivity index is 1.77. The van der Waals surface area contributed by atoms with Crippen LogP contribution in [0, 0.1) is 5.92 Å². The second kappa shape index (κ2) is 8.63. The van der Waals surface area contributed by atoms with E-state index >= 15 is 0 Å². The van der Waals surface area contributed by atoms with Crippen molar-refractivity contribution in [3.8, 4) is 0 Å². The van der Waals surface area contributed by atoms with Crippen LogP contribution in [0.15, 0.2) is 18.3 Å².